The molecule has 0 radical (unpaired) electrons. The number of phosphoric acid groups is 1. The number of hydrogen-bond donors (Lipinski definition) is 2. The van der Waals surface area contributed by atoms with Crippen molar-refractivity contribution >= 4 is 13.7 Å². The molecule has 0 rings (SSSR count). The number of allylic oxidation sites excluding steroid dienone is 5. The normalized spacial score (nSPS) is 14.7. The third-order valence-electron chi connectivity index (χ3n) is 9.84. The van der Waals surface area contributed by atoms with E-state index in [-0.39, 0.29) is 19.1 Å². The Labute approximate surface area is 334 Å². The number of nitrogens with one attached hydrogen (secondary N) is 1. The summed E-state index contributed by atoms with van der Waals surface area (Å²) in [6, 6.07) is -0.888. The predicted molar refractivity (Wildman–Crippen MR) is 228 cm³/mol. The van der Waals surface area contributed by atoms with E-state index in [0.29, 0.717) is 17.4 Å². The number of quaternary nitrogens is 1. The number of hydrogen-bond acceptors (Lipinski definition) is 6. The number of aliphatic hydroxyl groups is 1. The van der Waals surface area contributed by atoms with Crippen LogP contribution in [0.5, 0.6) is 0 Å². The van der Waals surface area contributed by atoms with Crippen LogP contribution < -0.4 is 10.2 Å². The van der Waals surface area contributed by atoms with Crippen LogP contribution in [0.3, 0.4) is 0 Å². The van der Waals surface area contributed by atoms with Gasteiger partial charge in [0.25, 0.3) is 7.82 Å². The van der Waals surface area contributed by atoms with Crippen LogP contribution in [0.25, 0.3) is 0 Å². The van der Waals surface area contributed by atoms with Crippen molar-refractivity contribution in [2.75, 3.05) is 40.9 Å². The zero-order valence-corrected chi connectivity index (χ0v) is 36.8. The van der Waals surface area contributed by atoms with Gasteiger partial charge in [-0.25, -0.2) is 0 Å². The standard InChI is InChI=1S/C45H87N2O6P/c1-6-8-10-12-14-16-18-20-22-23-24-25-27-29-31-33-35-37-39-45(49)46-43(42-53-54(50,51)52-41-40-47(3,4)5)44(48)38-36-34-32-30-28-26-21-19-17-15-13-11-9-7-2/h16,18,22-23,36,38,43-44,48H,6-15,17,19-21,24-35,37,39-42H2,1-5H3,(H-,46,49,50,51)/b18-16-,23-22-,38-36+. The highest BCUT2D eigenvalue weighted by Gasteiger charge is 2.23. The molecule has 0 aliphatic carbocycles. The average Bonchev–Trinajstić information content (AvgIpc) is 3.12. The van der Waals surface area contributed by atoms with Crippen LogP contribution in [0.15, 0.2) is 36.5 Å². The number of likely N-dealkylation sites (N-methyl/N-ethyl adjacent to an activating group) is 1. The first kappa shape index (κ1) is 52.7. The highest BCUT2D eigenvalue weighted by molar-refractivity contribution is 7.45. The Morgan fingerprint density at radius 3 is 1.56 bits per heavy atom. The Morgan fingerprint density at radius 1 is 0.648 bits per heavy atom. The second kappa shape index (κ2) is 37.3. The van der Waals surface area contributed by atoms with Gasteiger partial charge in [0, 0.05) is 6.42 Å². The van der Waals surface area contributed by atoms with Crippen LogP contribution in [0.2, 0.25) is 0 Å². The molecule has 0 saturated heterocycles. The molecule has 3 atom stereocenters. The highest BCUT2D eigenvalue weighted by Crippen LogP contribution is 2.38. The van der Waals surface area contributed by atoms with E-state index in [4.69, 9.17) is 9.05 Å². The van der Waals surface area contributed by atoms with E-state index in [1.165, 1.54) is 116 Å². The van der Waals surface area contributed by atoms with Gasteiger partial charge in [0.05, 0.1) is 39.9 Å². The van der Waals surface area contributed by atoms with Crippen LogP contribution >= 0.6 is 7.82 Å². The Kier molecular flexibility index (Phi) is 36.4. The minimum absolute atomic E-state index is 0.00295. The number of nitrogens with zero attached hydrogens (tertiary/aromatic N) is 1. The van der Waals surface area contributed by atoms with Gasteiger partial charge in [0.1, 0.15) is 13.2 Å². The molecule has 0 bridgehead atoms. The number of phosphoric ester groups is 1. The van der Waals surface area contributed by atoms with Crippen molar-refractivity contribution in [2.45, 2.75) is 206 Å². The largest absolute Gasteiger partial charge is 0.756 e. The summed E-state index contributed by atoms with van der Waals surface area (Å²) in [5.41, 5.74) is 0. The summed E-state index contributed by atoms with van der Waals surface area (Å²) < 4.78 is 23.2. The van der Waals surface area contributed by atoms with Gasteiger partial charge in [0.2, 0.25) is 5.91 Å². The topological polar surface area (TPSA) is 108 Å². The van der Waals surface area contributed by atoms with Gasteiger partial charge in [-0.2, -0.15) is 0 Å². The summed E-state index contributed by atoms with van der Waals surface area (Å²) in [5.74, 6) is -0.207. The lowest BCUT2D eigenvalue weighted by Gasteiger charge is -2.29. The molecule has 0 aromatic rings. The number of amides is 1. The molecule has 0 fully saturated rings. The fraction of sp³-hybridized carbons (Fsp3) is 0.844. The maximum absolute atomic E-state index is 12.8. The van der Waals surface area contributed by atoms with Gasteiger partial charge in [-0.1, -0.05) is 172 Å². The summed E-state index contributed by atoms with van der Waals surface area (Å²) in [7, 11) is 1.25. The molecular weight excluding hydrogens is 695 g/mol. The van der Waals surface area contributed by atoms with Crippen molar-refractivity contribution in [1.82, 2.24) is 5.32 Å². The van der Waals surface area contributed by atoms with Gasteiger partial charge in [-0.3, -0.25) is 9.36 Å². The third-order valence-corrected chi connectivity index (χ3v) is 10.8. The molecule has 2 N–H and O–H groups in total. The first-order chi connectivity index (χ1) is 26.0. The third kappa shape index (κ3) is 39.0. The van der Waals surface area contributed by atoms with Crippen molar-refractivity contribution in [1.29, 1.82) is 0 Å². The van der Waals surface area contributed by atoms with Gasteiger partial charge in [-0.15, -0.1) is 0 Å². The lowest BCUT2D eigenvalue weighted by Crippen LogP contribution is -2.45. The molecule has 0 aliphatic rings. The zero-order valence-electron chi connectivity index (χ0n) is 35.9. The maximum atomic E-state index is 12.8. The van der Waals surface area contributed by atoms with Crippen LogP contribution in [0.4, 0.5) is 0 Å². The van der Waals surface area contributed by atoms with Gasteiger partial charge >= 0.3 is 0 Å². The molecule has 0 aliphatic heterocycles. The van der Waals surface area contributed by atoms with Crippen molar-refractivity contribution in [3.63, 3.8) is 0 Å². The highest BCUT2D eigenvalue weighted by atomic mass is 31.2. The predicted octanol–water partition coefficient (Wildman–Crippen LogP) is 11.7. The molecule has 0 spiro atoms. The smallest absolute Gasteiger partial charge is 0.268 e. The molecule has 1 amide bonds. The molecule has 0 saturated carbocycles. The van der Waals surface area contributed by atoms with E-state index in [9.17, 15) is 19.4 Å². The quantitative estimate of drug-likeness (QED) is 0.0277. The van der Waals surface area contributed by atoms with Crippen molar-refractivity contribution in [2.24, 2.45) is 0 Å². The summed E-state index contributed by atoms with van der Waals surface area (Å²) in [5, 5.41) is 13.8. The second-order valence-corrected chi connectivity index (χ2v) is 17.8. The van der Waals surface area contributed by atoms with Gasteiger partial charge < -0.3 is 28.8 Å². The van der Waals surface area contributed by atoms with E-state index in [1.54, 1.807) is 6.08 Å². The van der Waals surface area contributed by atoms with E-state index < -0.39 is 20.0 Å². The molecule has 54 heavy (non-hydrogen) atoms. The number of carbonyl (C=O) groups excluding carboxylic acids is 1. The lowest BCUT2D eigenvalue weighted by molar-refractivity contribution is -0.870. The minimum Gasteiger partial charge on any atom is -0.756 e. The zero-order chi connectivity index (χ0) is 40.0. The summed E-state index contributed by atoms with van der Waals surface area (Å²) in [6.07, 6.45) is 44.6. The molecule has 8 nitrogen and oxygen atoms in total. The summed E-state index contributed by atoms with van der Waals surface area (Å²) >= 11 is 0. The summed E-state index contributed by atoms with van der Waals surface area (Å²) in [6.45, 7) is 4.62. The van der Waals surface area contributed by atoms with Crippen LogP contribution in [0, 0.1) is 0 Å². The first-order valence-electron chi connectivity index (χ1n) is 22.4. The number of carbonyl (C=O) groups is 1. The SMILES string of the molecule is CCCCCC/C=C\C/C=C\CCCCCCCCCC(=O)NC(COP(=O)([O-])OCC[N+](C)(C)C)C(O)/C=C/CCCCCCCCCCCCCC. The van der Waals surface area contributed by atoms with Gasteiger partial charge in [0.15, 0.2) is 0 Å². The number of rotatable bonds is 40. The minimum atomic E-state index is -4.59. The molecule has 9 heteroatoms. The Hall–Kier alpha value is -1.28. The lowest BCUT2D eigenvalue weighted by atomic mass is 10.0. The van der Waals surface area contributed by atoms with Crippen molar-refractivity contribution < 1.29 is 32.9 Å². The first-order valence-corrected chi connectivity index (χ1v) is 23.8. The Balaban J connectivity index is 4.43. The van der Waals surface area contributed by atoms with Gasteiger partial charge in [-0.05, 0) is 51.4 Å². The Morgan fingerprint density at radius 2 is 1.07 bits per heavy atom. The van der Waals surface area contributed by atoms with Crippen LogP contribution in [0.1, 0.15) is 194 Å². The monoisotopic (exact) mass is 783 g/mol. The van der Waals surface area contributed by atoms with E-state index in [2.05, 4.69) is 43.5 Å². The fourth-order valence-electron chi connectivity index (χ4n) is 6.24. The van der Waals surface area contributed by atoms with E-state index >= 15 is 0 Å². The molecule has 3 unspecified atom stereocenters. The fourth-order valence-corrected chi connectivity index (χ4v) is 6.96. The van der Waals surface area contributed by atoms with Crippen LogP contribution in [-0.4, -0.2) is 68.5 Å². The second-order valence-electron chi connectivity index (χ2n) is 16.4. The average molecular weight is 783 g/mol. The van der Waals surface area contributed by atoms with E-state index in [0.717, 1.165) is 57.8 Å². The van der Waals surface area contributed by atoms with Crippen molar-refractivity contribution in [3.05, 3.63) is 36.5 Å². The summed E-state index contributed by atoms with van der Waals surface area (Å²) in [4.78, 5) is 25.3. The van der Waals surface area contributed by atoms with Crippen LogP contribution in [-0.2, 0) is 18.4 Å². The Bertz CT molecular complexity index is 980. The van der Waals surface area contributed by atoms with Crippen molar-refractivity contribution in [3.8, 4) is 0 Å². The maximum Gasteiger partial charge on any atom is 0.268 e. The molecule has 318 valence electrons. The molecule has 0 aromatic heterocycles. The molecular formula is C45H87N2O6P. The number of aliphatic hydroxyl groups excluding tert-OH is 1. The number of unbranched alkanes of at least 4 members (excludes halogenated alkanes) is 23. The van der Waals surface area contributed by atoms with E-state index in [1.807, 2.05) is 27.2 Å². The molecule has 0 aromatic carbocycles. The molecule has 0 heterocycles.